The maximum atomic E-state index is 2.50. The summed E-state index contributed by atoms with van der Waals surface area (Å²) in [6.45, 7) is 9.46. The molecule has 13 rings (SSSR count). The van der Waals surface area contributed by atoms with Gasteiger partial charge in [0.1, 0.15) is 0 Å². The van der Waals surface area contributed by atoms with Crippen molar-refractivity contribution >= 4 is 55.9 Å². The van der Waals surface area contributed by atoms with Crippen LogP contribution in [0, 0.1) is 0 Å². The Morgan fingerprint density at radius 1 is 0.319 bits per heavy atom. The maximum absolute atomic E-state index is 2.50. The molecule has 1 heterocycles. The van der Waals surface area contributed by atoms with Gasteiger partial charge in [0.15, 0.2) is 0 Å². The molecule has 0 unspecified atom stereocenters. The third-order valence-corrected chi connectivity index (χ3v) is 15.1. The van der Waals surface area contributed by atoms with Crippen molar-refractivity contribution in [1.82, 2.24) is 4.57 Å². The largest absolute Gasteiger partial charge is 0.310 e. The van der Waals surface area contributed by atoms with E-state index >= 15 is 0 Å². The fourth-order valence-corrected chi connectivity index (χ4v) is 11.8. The Labute approximate surface area is 404 Å². The minimum Gasteiger partial charge on any atom is -0.310 e. The van der Waals surface area contributed by atoms with E-state index in [1.54, 1.807) is 0 Å². The molecule has 3 nitrogen and oxygen atoms in total. The average molecular weight is 886 g/mol. The van der Waals surface area contributed by atoms with E-state index in [0.717, 1.165) is 50.8 Å². The highest BCUT2D eigenvalue weighted by molar-refractivity contribution is 6.18. The highest BCUT2D eigenvalue weighted by Gasteiger charge is 2.37. The fraction of sp³-hybridized carbons (Fsp3) is 0.0909. The lowest BCUT2D eigenvalue weighted by Gasteiger charge is -2.31. The van der Waals surface area contributed by atoms with Gasteiger partial charge in [-0.1, -0.05) is 185 Å². The Hall–Kier alpha value is -8.40. The Kier molecular flexibility index (Phi) is 9.22. The molecule has 2 aliphatic rings. The Morgan fingerprint density at radius 2 is 0.826 bits per heavy atom. The molecular weight excluding hydrogens is 835 g/mol. The molecule has 0 N–H and O–H groups in total. The van der Waals surface area contributed by atoms with Crippen molar-refractivity contribution in [1.29, 1.82) is 0 Å². The lowest BCUT2D eigenvalue weighted by Crippen LogP contribution is -2.17. The van der Waals surface area contributed by atoms with Crippen molar-refractivity contribution in [3.8, 4) is 39.1 Å². The molecule has 10 aromatic carbocycles. The molecule has 11 aromatic rings. The number of hydrogen-bond donors (Lipinski definition) is 0. The number of anilines is 6. The first-order valence-corrected chi connectivity index (χ1v) is 24.2. The highest BCUT2D eigenvalue weighted by Crippen LogP contribution is 2.54. The van der Waals surface area contributed by atoms with Crippen molar-refractivity contribution in [3.05, 3.63) is 259 Å². The second-order valence-electron chi connectivity index (χ2n) is 19.8. The number of benzene rings is 10. The molecule has 0 saturated heterocycles. The molecule has 0 atom stereocenters. The van der Waals surface area contributed by atoms with E-state index in [1.165, 1.54) is 66.4 Å². The van der Waals surface area contributed by atoms with Gasteiger partial charge in [0.05, 0.1) is 22.4 Å². The van der Waals surface area contributed by atoms with Crippen LogP contribution in [-0.4, -0.2) is 4.57 Å². The van der Waals surface area contributed by atoms with Gasteiger partial charge in [0, 0.05) is 50.0 Å². The van der Waals surface area contributed by atoms with Crippen molar-refractivity contribution in [2.75, 3.05) is 9.80 Å². The van der Waals surface area contributed by atoms with E-state index in [-0.39, 0.29) is 10.8 Å². The maximum Gasteiger partial charge on any atom is 0.0583 e. The number of aromatic nitrogens is 1. The third-order valence-electron chi connectivity index (χ3n) is 15.1. The summed E-state index contributed by atoms with van der Waals surface area (Å²) < 4.78 is 2.47. The van der Waals surface area contributed by atoms with E-state index in [2.05, 4.69) is 279 Å². The zero-order valence-electron chi connectivity index (χ0n) is 39.4. The Morgan fingerprint density at radius 3 is 1.52 bits per heavy atom. The van der Waals surface area contributed by atoms with Gasteiger partial charge in [-0.05, 0) is 134 Å². The zero-order valence-corrected chi connectivity index (χ0v) is 39.4. The number of rotatable bonds is 8. The molecule has 69 heavy (non-hydrogen) atoms. The first-order chi connectivity index (χ1) is 33.8. The van der Waals surface area contributed by atoms with E-state index < -0.39 is 0 Å². The van der Waals surface area contributed by atoms with Crippen LogP contribution in [0.4, 0.5) is 34.1 Å². The van der Waals surface area contributed by atoms with Gasteiger partial charge in [-0.25, -0.2) is 0 Å². The van der Waals surface area contributed by atoms with E-state index in [4.69, 9.17) is 0 Å². The predicted octanol–water partition coefficient (Wildman–Crippen LogP) is 18.0. The van der Waals surface area contributed by atoms with Crippen LogP contribution in [-0.2, 0) is 10.8 Å². The van der Waals surface area contributed by atoms with E-state index in [1.807, 2.05) is 0 Å². The quantitative estimate of drug-likeness (QED) is 0.151. The normalized spacial score (nSPS) is 13.7. The molecule has 0 amide bonds. The molecule has 0 bridgehead atoms. The third kappa shape index (κ3) is 6.34. The molecule has 3 heteroatoms. The number of para-hydroxylation sites is 3. The second kappa shape index (κ2) is 15.6. The molecule has 0 radical (unpaired) electrons. The summed E-state index contributed by atoms with van der Waals surface area (Å²) in [4.78, 5) is 4.97. The average Bonchev–Trinajstić information content (AvgIpc) is 3.94. The van der Waals surface area contributed by atoms with Crippen LogP contribution in [0.5, 0.6) is 0 Å². The molecule has 2 aliphatic carbocycles. The number of nitrogens with zero attached hydrogens (tertiary/aromatic N) is 3. The molecule has 330 valence electrons. The zero-order chi connectivity index (χ0) is 46.4. The molecule has 0 saturated carbocycles. The van der Waals surface area contributed by atoms with Crippen LogP contribution in [0.15, 0.2) is 237 Å². The first-order valence-electron chi connectivity index (χ1n) is 24.2. The molecular formula is C66H51N3. The van der Waals surface area contributed by atoms with Crippen LogP contribution in [0.25, 0.3) is 60.9 Å². The van der Waals surface area contributed by atoms with E-state index in [9.17, 15) is 0 Å². The van der Waals surface area contributed by atoms with Crippen molar-refractivity contribution in [2.24, 2.45) is 0 Å². The second-order valence-corrected chi connectivity index (χ2v) is 19.8. The summed E-state index contributed by atoms with van der Waals surface area (Å²) in [5.41, 5.74) is 22.7. The molecule has 1 aromatic heterocycles. The van der Waals surface area contributed by atoms with Gasteiger partial charge in [0.25, 0.3) is 0 Å². The van der Waals surface area contributed by atoms with Crippen molar-refractivity contribution < 1.29 is 0 Å². The highest BCUT2D eigenvalue weighted by atomic mass is 15.2. The van der Waals surface area contributed by atoms with Crippen LogP contribution >= 0.6 is 0 Å². The minimum absolute atomic E-state index is 0.110. The lowest BCUT2D eigenvalue weighted by molar-refractivity contribution is 0.660. The van der Waals surface area contributed by atoms with Crippen LogP contribution < -0.4 is 9.80 Å². The predicted molar refractivity (Wildman–Crippen MR) is 291 cm³/mol. The Bertz CT molecular complexity index is 3770. The summed E-state index contributed by atoms with van der Waals surface area (Å²) in [5, 5.41) is 2.38. The molecule has 0 aliphatic heterocycles. The van der Waals surface area contributed by atoms with Gasteiger partial charge in [0.2, 0.25) is 0 Å². The van der Waals surface area contributed by atoms with Crippen molar-refractivity contribution in [2.45, 2.75) is 38.5 Å². The van der Waals surface area contributed by atoms with Gasteiger partial charge in [-0.2, -0.15) is 0 Å². The van der Waals surface area contributed by atoms with Crippen LogP contribution in [0.2, 0.25) is 0 Å². The van der Waals surface area contributed by atoms with Gasteiger partial charge in [-0.15, -0.1) is 0 Å². The minimum atomic E-state index is -0.164. The summed E-state index contributed by atoms with van der Waals surface area (Å²) in [6.07, 6.45) is 0. The first kappa shape index (κ1) is 40.8. The SMILES string of the molecule is CC1(C)c2ccccc2-c2cc(N(c3ccccc3)c3cc(N(c4ccccc4)c4ccc5c(c4)C(C)(C)c4ccccc4-5)cc4c3c3ccccc3n4-c3ccc(-c4ccccc4)cc3)ccc21. The fourth-order valence-electron chi connectivity index (χ4n) is 11.8. The Balaban J connectivity index is 1.11. The molecule has 0 spiro atoms. The topological polar surface area (TPSA) is 11.4 Å². The number of hydrogen-bond acceptors (Lipinski definition) is 2. The smallest absolute Gasteiger partial charge is 0.0583 e. The van der Waals surface area contributed by atoms with Crippen LogP contribution in [0.1, 0.15) is 49.9 Å². The monoisotopic (exact) mass is 885 g/mol. The number of fused-ring (bicyclic) bond motifs is 9. The van der Waals surface area contributed by atoms with Gasteiger partial charge < -0.3 is 14.4 Å². The van der Waals surface area contributed by atoms with E-state index in [0.29, 0.717) is 0 Å². The molecule has 0 fully saturated rings. The summed E-state index contributed by atoms with van der Waals surface area (Å²) in [5.74, 6) is 0. The lowest BCUT2D eigenvalue weighted by atomic mass is 9.82. The summed E-state index contributed by atoms with van der Waals surface area (Å²) >= 11 is 0. The standard InChI is InChI=1S/C66H51N3/c1-65(2)58-30-18-15-27-53(58)56-40-49(37-39-59(56)65)68(47-24-12-7-13-25-47)62-42-51(67(46-22-10-6-11-23-46)50-36-38-54-52-26-14-17-29-57(52)66(3,4)60(54)41-50)43-63-64(62)55-28-16-19-31-61(55)69(63)48-34-32-45(33-35-48)44-20-8-5-9-21-44/h5-43H,1-4H3. The summed E-state index contributed by atoms with van der Waals surface area (Å²) in [6, 6.07) is 87.5. The van der Waals surface area contributed by atoms with Crippen molar-refractivity contribution in [3.63, 3.8) is 0 Å². The van der Waals surface area contributed by atoms with Crippen LogP contribution in [0.3, 0.4) is 0 Å². The van der Waals surface area contributed by atoms with Gasteiger partial charge >= 0.3 is 0 Å². The van der Waals surface area contributed by atoms with Gasteiger partial charge in [-0.3, -0.25) is 0 Å². The summed E-state index contributed by atoms with van der Waals surface area (Å²) in [7, 11) is 0.